The number of alkyl halides is 1. The number of rotatable bonds is 5. The monoisotopic (exact) mass is 314 g/mol. The normalized spacial score (nSPS) is 11.8. The van der Waals surface area contributed by atoms with Gasteiger partial charge < -0.3 is 14.3 Å². The average molecular weight is 315 g/mol. The van der Waals surface area contributed by atoms with Crippen LogP contribution >= 0.6 is 15.9 Å². The maximum atomic E-state index is 11.6. The van der Waals surface area contributed by atoms with E-state index in [-0.39, 0.29) is 4.83 Å². The van der Waals surface area contributed by atoms with Crippen LogP contribution in [-0.2, 0) is 16.0 Å². The Labute approximate surface area is 114 Å². The maximum absolute atomic E-state index is 11.6. The summed E-state index contributed by atoms with van der Waals surface area (Å²) in [5.74, 6) is 0.0191. The average Bonchev–Trinajstić information content (AvgIpc) is 2.39. The molecule has 1 aromatic rings. The third kappa shape index (κ3) is 3.32. The summed E-state index contributed by atoms with van der Waals surface area (Å²) in [7, 11) is 2.82. The summed E-state index contributed by atoms with van der Waals surface area (Å²) in [6.07, 6.45) is 1.34. The van der Waals surface area contributed by atoms with Gasteiger partial charge in [0, 0.05) is 0 Å². The van der Waals surface area contributed by atoms with E-state index in [1.54, 1.807) is 12.1 Å². The zero-order chi connectivity index (χ0) is 13.7. The summed E-state index contributed by atoms with van der Waals surface area (Å²) in [5.41, 5.74) is 2.24. The summed E-state index contributed by atoms with van der Waals surface area (Å²) in [5, 5.41) is 0. The predicted octanol–water partition coefficient (Wildman–Crippen LogP) is 2.30. The number of aryl methyl sites for hydroxylation is 1. The standard InChI is InChI=1S/C13H15BrO4/c1-8-4-12(17-2)11(13(16)18-3)6-9(8)5-10(14)7-15/h4,6-7,10H,5H2,1-3H3. The molecular formula is C13H15BrO4. The zero-order valence-corrected chi connectivity index (χ0v) is 12.1. The third-order valence-corrected chi connectivity index (χ3v) is 3.17. The highest BCUT2D eigenvalue weighted by atomic mass is 79.9. The van der Waals surface area contributed by atoms with Gasteiger partial charge in [0.15, 0.2) is 0 Å². The van der Waals surface area contributed by atoms with Crippen molar-refractivity contribution in [1.82, 2.24) is 0 Å². The highest BCUT2D eigenvalue weighted by molar-refractivity contribution is 9.09. The van der Waals surface area contributed by atoms with Crippen molar-refractivity contribution in [2.24, 2.45) is 0 Å². The van der Waals surface area contributed by atoms with E-state index in [2.05, 4.69) is 15.9 Å². The van der Waals surface area contributed by atoms with E-state index in [1.165, 1.54) is 14.2 Å². The maximum Gasteiger partial charge on any atom is 0.341 e. The Bertz CT molecular complexity index is 457. The van der Waals surface area contributed by atoms with Gasteiger partial charge in [-0.25, -0.2) is 4.79 Å². The summed E-state index contributed by atoms with van der Waals surface area (Å²) in [6.45, 7) is 1.91. The Hall–Kier alpha value is -1.36. The van der Waals surface area contributed by atoms with Crippen LogP contribution < -0.4 is 4.74 Å². The molecule has 5 heteroatoms. The largest absolute Gasteiger partial charge is 0.496 e. The summed E-state index contributed by atoms with van der Waals surface area (Å²) >= 11 is 3.25. The first-order valence-electron chi connectivity index (χ1n) is 5.38. The van der Waals surface area contributed by atoms with E-state index < -0.39 is 5.97 Å². The Morgan fingerprint density at radius 1 is 1.44 bits per heavy atom. The Balaban J connectivity index is 3.20. The van der Waals surface area contributed by atoms with E-state index in [9.17, 15) is 9.59 Å². The van der Waals surface area contributed by atoms with Crippen LogP contribution in [0.4, 0.5) is 0 Å². The lowest BCUT2D eigenvalue weighted by Crippen LogP contribution is -2.09. The first kappa shape index (κ1) is 14.7. The highest BCUT2D eigenvalue weighted by Gasteiger charge is 2.16. The molecule has 1 aromatic carbocycles. The molecule has 0 aromatic heterocycles. The molecule has 0 aliphatic heterocycles. The molecule has 0 aliphatic carbocycles. The second kappa shape index (κ2) is 6.54. The van der Waals surface area contributed by atoms with Crippen molar-refractivity contribution in [2.75, 3.05) is 14.2 Å². The van der Waals surface area contributed by atoms with Crippen LogP contribution in [-0.4, -0.2) is 31.3 Å². The second-order valence-electron chi connectivity index (χ2n) is 3.83. The first-order valence-corrected chi connectivity index (χ1v) is 6.30. The van der Waals surface area contributed by atoms with Gasteiger partial charge in [0.05, 0.1) is 19.0 Å². The Morgan fingerprint density at radius 3 is 2.61 bits per heavy atom. The van der Waals surface area contributed by atoms with Crippen molar-refractivity contribution in [2.45, 2.75) is 18.2 Å². The predicted molar refractivity (Wildman–Crippen MR) is 71.6 cm³/mol. The topological polar surface area (TPSA) is 52.6 Å². The van der Waals surface area contributed by atoms with Crippen LogP contribution in [0.2, 0.25) is 0 Å². The van der Waals surface area contributed by atoms with Crippen molar-refractivity contribution in [3.05, 3.63) is 28.8 Å². The van der Waals surface area contributed by atoms with Crippen molar-refractivity contribution in [1.29, 1.82) is 0 Å². The fourth-order valence-corrected chi connectivity index (χ4v) is 1.99. The Morgan fingerprint density at radius 2 is 2.11 bits per heavy atom. The summed E-state index contributed by atoms with van der Waals surface area (Å²) in [6, 6.07) is 3.48. The molecule has 0 saturated carbocycles. The molecule has 0 N–H and O–H groups in total. The second-order valence-corrected chi connectivity index (χ2v) is 5.00. The lowest BCUT2D eigenvalue weighted by molar-refractivity contribution is -0.107. The van der Waals surface area contributed by atoms with Crippen molar-refractivity contribution >= 4 is 28.2 Å². The van der Waals surface area contributed by atoms with Crippen molar-refractivity contribution in [3.63, 3.8) is 0 Å². The van der Waals surface area contributed by atoms with Crippen molar-refractivity contribution in [3.8, 4) is 5.75 Å². The molecule has 0 heterocycles. The number of aldehydes is 1. The van der Waals surface area contributed by atoms with Gasteiger partial charge in [-0.3, -0.25) is 0 Å². The van der Waals surface area contributed by atoms with Crippen LogP contribution in [0.15, 0.2) is 12.1 Å². The van der Waals surface area contributed by atoms with Gasteiger partial charge in [0.1, 0.15) is 17.6 Å². The zero-order valence-electron chi connectivity index (χ0n) is 10.5. The lowest BCUT2D eigenvalue weighted by atomic mass is 10.00. The minimum absolute atomic E-state index is 0.268. The number of methoxy groups -OCH3 is 2. The quantitative estimate of drug-likeness (QED) is 0.475. The third-order valence-electron chi connectivity index (χ3n) is 2.63. The van der Waals surface area contributed by atoms with Gasteiger partial charge in [-0.2, -0.15) is 0 Å². The summed E-state index contributed by atoms with van der Waals surface area (Å²) in [4.78, 5) is 22.0. The number of hydrogen-bond acceptors (Lipinski definition) is 4. The van der Waals surface area contributed by atoms with Crippen LogP contribution in [0.3, 0.4) is 0 Å². The SMILES string of the molecule is COC(=O)c1cc(CC(Br)C=O)c(C)cc1OC. The minimum Gasteiger partial charge on any atom is -0.496 e. The molecule has 0 aliphatic rings. The molecule has 0 fully saturated rings. The van der Waals surface area contributed by atoms with Gasteiger partial charge in [0.25, 0.3) is 0 Å². The molecule has 1 rings (SSSR count). The molecule has 0 amide bonds. The molecule has 0 spiro atoms. The van der Waals surface area contributed by atoms with Crippen LogP contribution in [0.5, 0.6) is 5.75 Å². The van der Waals surface area contributed by atoms with Gasteiger partial charge in [-0.15, -0.1) is 0 Å². The van der Waals surface area contributed by atoms with Crippen LogP contribution in [0.1, 0.15) is 21.5 Å². The van der Waals surface area contributed by atoms with Gasteiger partial charge in [0.2, 0.25) is 0 Å². The number of halogens is 1. The number of hydrogen-bond donors (Lipinski definition) is 0. The molecule has 4 nitrogen and oxygen atoms in total. The summed E-state index contributed by atoms with van der Waals surface area (Å²) < 4.78 is 9.86. The number of carbonyl (C=O) groups is 2. The number of carbonyl (C=O) groups excluding carboxylic acids is 2. The van der Waals surface area contributed by atoms with E-state index in [1.807, 2.05) is 6.92 Å². The van der Waals surface area contributed by atoms with E-state index in [0.29, 0.717) is 17.7 Å². The fraction of sp³-hybridized carbons (Fsp3) is 0.385. The highest BCUT2D eigenvalue weighted by Crippen LogP contribution is 2.25. The van der Waals surface area contributed by atoms with E-state index >= 15 is 0 Å². The van der Waals surface area contributed by atoms with Crippen LogP contribution in [0, 0.1) is 6.92 Å². The molecule has 98 valence electrons. The molecule has 0 saturated heterocycles. The fourth-order valence-electron chi connectivity index (χ4n) is 1.64. The molecule has 0 radical (unpaired) electrons. The minimum atomic E-state index is -0.453. The smallest absolute Gasteiger partial charge is 0.341 e. The number of esters is 1. The lowest BCUT2D eigenvalue weighted by Gasteiger charge is -2.13. The number of benzene rings is 1. The van der Waals surface area contributed by atoms with Gasteiger partial charge >= 0.3 is 5.97 Å². The van der Waals surface area contributed by atoms with Crippen molar-refractivity contribution < 1.29 is 19.1 Å². The molecule has 0 bridgehead atoms. The molecule has 1 unspecified atom stereocenters. The van der Waals surface area contributed by atoms with Crippen LogP contribution in [0.25, 0.3) is 0 Å². The number of ether oxygens (including phenoxy) is 2. The Kier molecular flexibility index (Phi) is 5.34. The van der Waals surface area contributed by atoms with E-state index in [4.69, 9.17) is 9.47 Å². The molecule has 18 heavy (non-hydrogen) atoms. The molecular weight excluding hydrogens is 300 g/mol. The van der Waals surface area contributed by atoms with Gasteiger partial charge in [-0.05, 0) is 36.6 Å². The van der Waals surface area contributed by atoms with Gasteiger partial charge in [-0.1, -0.05) is 15.9 Å². The first-order chi connectivity index (χ1) is 8.53. The van der Waals surface area contributed by atoms with E-state index in [0.717, 1.165) is 17.4 Å². The molecule has 1 atom stereocenters.